The van der Waals surface area contributed by atoms with Gasteiger partial charge in [-0.3, -0.25) is 19.2 Å². The monoisotopic (exact) mass is 564 g/mol. The van der Waals surface area contributed by atoms with Crippen molar-refractivity contribution in [2.45, 2.75) is 64.1 Å². The number of hydrogen-bond donors (Lipinski definition) is 3. The first-order valence-electron chi connectivity index (χ1n) is 14.3. The SMILES string of the molecule is COc1ccc(CCNC(=O)[C@@H]2CCC(=O)N3CCC[C@H]3C(=O)N[C@H](C(C)C)COc3ccccc3C(=O)N2)cc1. The van der Waals surface area contributed by atoms with E-state index in [0.717, 1.165) is 17.7 Å². The van der Waals surface area contributed by atoms with Gasteiger partial charge in [0.2, 0.25) is 17.7 Å². The lowest BCUT2D eigenvalue weighted by molar-refractivity contribution is -0.139. The molecule has 0 unspecified atom stereocenters. The van der Waals surface area contributed by atoms with Crippen molar-refractivity contribution < 1.29 is 28.7 Å². The van der Waals surface area contributed by atoms with Gasteiger partial charge in [0.05, 0.1) is 18.7 Å². The summed E-state index contributed by atoms with van der Waals surface area (Å²) in [5.41, 5.74) is 1.30. The highest BCUT2D eigenvalue weighted by molar-refractivity contribution is 5.99. The van der Waals surface area contributed by atoms with Crippen LogP contribution in [0, 0.1) is 5.92 Å². The molecule has 2 heterocycles. The number of rotatable bonds is 6. The van der Waals surface area contributed by atoms with Crippen LogP contribution in [-0.2, 0) is 20.8 Å². The van der Waals surface area contributed by atoms with Crippen molar-refractivity contribution >= 4 is 23.6 Å². The van der Waals surface area contributed by atoms with E-state index in [4.69, 9.17) is 9.47 Å². The third kappa shape index (κ3) is 7.77. The number of benzene rings is 2. The molecule has 1 fully saturated rings. The maximum Gasteiger partial charge on any atom is 0.255 e. The van der Waals surface area contributed by atoms with Crippen molar-refractivity contribution in [1.82, 2.24) is 20.9 Å². The van der Waals surface area contributed by atoms with Crippen molar-refractivity contribution in [3.8, 4) is 11.5 Å². The largest absolute Gasteiger partial charge is 0.497 e. The predicted octanol–water partition coefficient (Wildman–Crippen LogP) is 2.46. The lowest BCUT2D eigenvalue weighted by Gasteiger charge is -2.28. The molecule has 220 valence electrons. The van der Waals surface area contributed by atoms with Crippen molar-refractivity contribution in [2.24, 2.45) is 5.92 Å². The average molecular weight is 565 g/mol. The van der Waals surface area contributed by atoms with E-state index in [1.807, 2.05) is 38.1 Å². The first-order chi connectivity index (χ1) is 19.8. The molecule has 41 heavy (non-hydrogen) atoms. The number of fused-ring (bicyclic) bond motifs is 2. The van der Waals surface area contributed by atoms with Gasteiger partial charge in [-0.2, -0.15) is 0 Å². The summed E-state index contributed by atoms with van der Waals surface area (Å²) in [6, 6.07) is 12.6. The second-order valence-corrected chi connectivity index (χ2v) is 10.9. The highest BCUT2D eigenvalue weighted by atomic mass is 16.5. The van der Waals surface area contributed by atoms with Crippen molar-refractivity contribution in [3.05, 3.63) is 59.7 Å². The van der Waals surface area contributed by atoms with Gasteiger partial charge in [-0.1, -0.05) is 38.1 Å². The number of nitrogens with one attached hydrogen (secondary N) is 3. The van der Waals surface area contributed by atoms with Crippen molar-refractivity contribution in [1.29, 1.82) is 0 Å². The maximum atomic E-state index is 13.4. The highest BCUT2D eigenvalue weighted by Gasteiger charge is 2.36. The number of para-hydroxylation sites is 1. The first-order valence-corrected chi connectivity index (χ1v) is 14.3. The fourth-order valence-corrected chi connectivity index (χ4v) is 5.14. The number of methoxy groups -OCH3 is 1. The number of carbonyl (C=O) groups excluding carboxylic acids is 4. The molecule has 0 spiro atoms. The molecule has 2 aromatic rings. The van der Waals surface area contributed by atoms with E-state index in [1.165, 1.54) is 0 Å². The average Bonchev–Trinajstić information content (AvgIpc) is 3.47. The van der Waals surface area contributed by atoms with Crippen molar-refractivity contribution in [2.75, 3.05) is 26.8 Å². The Labute approximate surface area is 241 Å². The molecule has 4 amide bonds. The number of ether oxygens (including phenoxy) is 2. The van der Waals surface area contributed by atoms with Gasteiger partial charge >= 0.3 is 0 Å². The third-order valence-electron chi connectivity index (χ3n) is 7.70. The number of carbonyl (C=O) groups is 4. The number of amides is 4. The van der Waals surface area contributed by atoms with Crippen LogP contribution in [0.2, 0.25) is 0 Å². The van der Waals surface area contributed by atoms with Gasteiger partial charge in [0.1, 0.15) is 30.2 Å². The summed E-state index contributed by atoms with van der Waals surface area (Å²) in [6.07, 6.45) is 2.02. The number of hydrogen-bond acceptors (Lipinski definition) is 6. The summed E-state index contributed by atoms with van der Waals surface area (Å²) in [5, 5.41) is 8.79. The molecule has 0 bridgehead atoms. The van der Waals surface area contributed by atoms with E-state index in [1.54, 1.807) is 36.3 Å². The molecule has 0 saturated carbocycles. The van der Waals surface area contributed by atoms with E-state index in [-0.39, 0.29) is 54.7 Å². The first kappa shape index (κ1) is 29.9. The summed E-state index contributed by atoms with van der Waals surface area (Å²) in [7, 11) is 1.60. The molecular formula is C31H40N4O6. The fourth-order valence-electron chi connectivity index (χ4n) is 5.14. The summed E-state index contributed by atoms with van der Waals surface area (Å²) >= 11 is 0. The summed E-state index contributed by atoms with van der Waals surface area (Å²) < 4.78 is 11.2. The Kier molecular flexibility index (Phi) is 10.2. The Hall–Kier alpha value is -4.08. The molecule has 1 saturated heterocycles. The van der Waals surface area contributed by atoms with Gasteiger partial charge in [0.15, 0.2) is 0 Å². The molecular weight excluding hydrogens is 524 g/mol. The van der Waals surface area contributed by atoms with Gasteiger partial charge in [0.25, 0.3) is 5.91 Å². The Morgan fingerprint density at radius 2 is 1.83 bits per heavy atom. The lowest BCUT2D eigenvalue weighted by atomic mass is 10.0. The molecule has 3 atom stereocenters. The van der Waals surface area contributed by atoms with Gasteiger partial charge in [-0.15, -0.1) is 0 Å². The van der Waals surface area contributed by atoms with Gasteiger partial charge in [0, 0.05) is 19.5 Å². The zero-order chi connectivity index (χ0) is 29.4. The summed E-state index contributed by atoms with van der Waals surface area (Å²) in [4.78, 5) is 54.8. The van der Waals surface area contributed by atoms with Crippen LogP contribution in [0.4, 0.5) is 0 Å². The smallest absolute Gasteiger partial charge is 0.255 e. The van der Waals surface area contributed by atoms with Crippen LogP contribution in [0.1, 0.15) is 55.5 Å². The van der Waals surface area contributed by atoms with E-state index < -0.39 is 18.0 Å². The maximum absolute atomic E-state index is 13.4. The van der Waals surface area contributed by atoms with Crippen LogP contribution >= 0.6 is 0 Å². The normalized spacial score (nSPS) is 21.9. The number of nitrogens with zero attached hydrogens (tertiary/aromatic N) is 1. The molecule has 2 aliphatic heterocycles. The van der Waals surface area contributed by atoms with E-state index in [2.05, 4.69) is 16.0 Å². The van der Waals surface area contributed by atoms with Crippen LogP contribution < -0.4 is 25.4 Å². The minimum Gasteiger partial charge on any atom is -0.497 e. The highest BCUT2D eigenvalue weighted by Crippen LogP contribution is 2.23. The zero-order valence-corrected chi connectivity index (χ0v) is 24.0. The molecule has 0 aromatic heterocycles. The second kappa shape index (κ2) is 14.0. The topological polar surface area (TPSA) is 126 Å². The minimum absolute atomic E-state index is 0.0202. The van der Waals surface area contributed by atoms with E-state index in [9.17, 15) is 19.2 Å². The Morgan fingerprint density at radius 3 is 2.56 bits per heavy atom. The predicted molar refractivity (Wildman–Crippen MR) is 154 cm³/mol. The van der Waals surface area contributed by atoms with Crippen LogP contribution in [0.15, 0.2) is 48.5 Å². The van der Waals surface area contributed by atoms with Gasteiger partial charge in [-0.05, 0) is 61.4 Å². The van der Waals surface area contributed by atoms with E-state index in [0.29, 0.717) is 31.7 Å². The van der Waals surface area contributed by atoms with Gasteiger partial charge in [-0.25, -0.2) is 0 Å². The third-order valence-corrected chi connectivity index (χ3v) is 7.70. The molecule has 3 N–H and O–H groups in total. The quantitative estimate of drug-likeness (QED) is 0.495. The summed E-state index contributed by atoms with van der Waals surface area (Å²) in [6.45, 7) is 4.96. The minimum atomic E-state index is -0.946. The van der Waals surface area contributed by atoms with Gasteiger partial charge < -0.3 is 30.3 Å². The Morgan fingerprint density at radius 1 is 1.07 bits per heavy atom. The Bertz CT molecular complexity index is 1230. The molecule has 0 radical (unpaired) electrons. The van der Waals surface area contributed by atoms with Crippen LogP contribution in [0.25, 0.3) is 0 Å². The standard InChI is InChI=1S/C31H40N4O6/c1-20(2)25-19-41-27-9-5-4-7-23(27)29(37)33-24(14-15-28(36)35-18-6-8-26(35)31(39)34-25)30(38)32-17-16-21-10-12-22(40-3)13-11-21/h4-5,7,9-13,20,24-26H,6,8,14-19H2,1-3H3,(H,32,38)(H,33,37)(H,34,39)/t24-,25-,26-/m0/s1. The Balaban J connectivity index is 1.53. The molecule has 10 nitrogen and oxygen atoms in total. The lowest BCUT2D eigenvalue weighted by Crippen LogP contribution is -2.52. The zero-order valence-electron chi connectivity index (χ0n) is 24.0. The van der Waals surface area contributed by atoms with Crippen LogP contribution in [0.5, 0.6) is 11.5 Å². The molecule has 2 aromatic carbocycles. The molecule has 10 heteroatoms. The second-order valence-electron chi connectivity index (χ2n) is 10.9. The molecule has 4 rings (SSSR count). The van der Waals surface area contributed by atoms with Crippen LogP contribution in [0.3, 0.4) is 0 Å². The van der Waals surface area contributed by atoms with Crippen LogP contribution in [-0.4, -0.2) is 73.5 Å². The van der Waals surface area contributed by atoms with Crippen molar-refractivity contribution in [3.63, 3.8) is 0 Å². The fraction of sp³-hybridized carbons (Fsp3) is 0.484. The van der Waals surface area contributed by atoms with E-state index >= 15 is 0 Å². The summed E-state index contributed by atoms with van der Waals surface area (Å²) in [5.74, 6) is -0.0873. The molecule has 2 aliphatic rings. The molecule has 0 aliphatic carbocycles.